The van der Waals surface area contributed by atoms with Crippen molar-refractivity contribution >= 4 is 23.6 Å². The Hall–Kier alpha value is -1.53. The number of carbonyl (C=O) groups excluding carboxylic acids is 2. The van der Waals surface area contributed by atoms with E-state index in [9.17, 15) is 9.59 Å². The second-order valence-corrected chi connectivity index (χ2v) is 5.34. The summed E-state index contributed by atoms with van der Waals surface area (Å²) in [5, 5.41) is 2.84. The number of hydrogen-bond acceptors (Lipinski definition) is 5. The quantitative estimate of drug-likeness (QED) is 0.551. The van der Waals surface area contributed by atoms with Crippen LogP contribution in [0.2, 0.25) is 0 Å². The summed E-state index contributed by atoms with van der Waals surface area (Å²) < 4.78 is 4.53. The number of benzene rings is 1. The van der Waals surface area contributed by atoms with E-state index in [2.05, 4.69) is 10.1 Å². The Morgan fingerprint density at radius 1 is 1.35 bits per heavy atom. The Kier molecular flexibility index (Phi) is 7.75. The summed E-state index contributed by atoms with van der Waals surface area (Å²) in [7, 11) is 1.31. The van der Waals surface area contributed by atoms with Gasteiger partial charge in [0.05, 0.1) is 12.9 Å². The van der Waals surface area contributed by atoms with E-state index in [4.69, 9.17) is 5.73 Å². The van der Waals surface area contributed by atoms with Crippen LogP contribution >= 0.6 is 11.8 Å². The standard InChI is InChI=1S/C14H20N2O3S/c1-19-14(18)12(15)7-8-20-10-13(17)16-9-11-5-3-2-4-6-11/h2-6,12H,7-10,15H2,1H3,(H,16,17). The van der Waals surface area contributed by atoms with Crippen molar-refractivity contribution in [2.75, 3.05) is 18.6 Å². The number of thioether (sulfide) groups is 1. The van der Waals surface area contributed by atoms with Crippen molar-refractivity contribution in [3.05, 3.63) is 35.9 Å². The van der Waals surface area contributed by atoms with Gasteiger partial charge >= 0.3 is 5.97 Å². The molecule has 0 radical (unpaired) electrons. The molecule has 1 rings (SSSR count). The molecule has 5 nitrogen and oxygen atoms in total. The molecular formula is C14H20N2O3S. The normalized spacial score (nSPS) is 11.7. The summed E-state index contributed by atoms with van der Waals surface area (Å²) in [5.41, 5.74) is 6.66. The largest absolute Gasteiger partial charge is 0.468 e. The van der Waals surface area contributed by atoms with Gasteiger partial charge in [0.2, 0.25) is 5.91 Å². The van der Waals surface area contributed by atoms with Crippen LogP contribution < -0.4 is 11.1 Å². The molecule has 1 aromatic rings. The van der Waals surface area contributed by atoms with Crippen molar-refractivity contribution in [2.24, 2.45) is 5.73 Å². The predicted octanol–water partition coefficient (Wildman–Crippen LogP) is 0.926. The van der Waals surface area contributed by atoms with E-state index < -0.39 is 12.0 Å². The second kappa shape index (κ2) is 9.39. The number of rotatable bonds is 8. The van der Waals surface area contributed by atoms with Crippen LogP contribution in [0.25, 0.3) is 0 Å². The lowest BCUT2D eigenvalue weighted by molar-refractivity contribution is -0.142. The Bertz CT molecular complexity index is 426. The van der Waals surface area contributed by atoms with Crippen molar-refractivity contribution < 1.29 is 14.3 Å². The van der Waals surface area contributed by atoms with Crippen molar-refractivity contribution in [3.63, 3.8) is 0 Å². The number of hydrogen-bond donors (Lipinski definition) is 2. The van der Waals surface area contributed by atoms with Crippen molar-refractivity contribution in [1.82, 2.24) is 5.32 Å². The Labute approximate surface area is 123 Å². The third-order valence-electron chi connectivity index (χ3n) is 2.64. The number of nitrogens with one attached hydrogen (secondary N) is 1. The van der Waals surface area contributed by atoms with Crippen LogP contribution in [-0.2, 0) is 20.9 Å². The first-order valence-electron chi connectivity index (χ1n) is 6.35. The fraction of sp³-hybridized carbons (Fsp3) is 0.429. The van der Waals surface area contributed by atoms with E-state index in [-0.39, 0.29) is 5.91 Å². The zero-order chi connectivity index (χ0) is 14.8. The molecule has 1 aromatic carbocycles. The minimum atomic E-state index is -0.611. The van der Waals surface area contributed by atoms with Gasteiger partial charge in [-0.1, -0.05) is 30.3 Å². The molecule has 0 saturated heterocycles. The maximum Gasteiger partial charge on any atom is 0.322 e. The minimum absolute atomic E-state index is 0.0227. The van der Waals surface area contributed by atoms with Crippen molar-refractivity contribution in [2.45, 2.75) is 19.0 Å². The van der Waals surface area contributed by atoms with Gasteiger partial charge in [0.1, 0.15) is 6.04 Å². The molecule has 0 spiro atoms. The molecule has 1 unspecified atom stereocenters. The smallest absolute Gasteiger partial charge is 0.322 e. The highest BCUT2D eigenvalue weighted by Gasteiger charge is 2.13. The van der Waals surface area contributed by atoms with E-state index in [0.717, 1.165) is 5.56 Å². The van der Waals surface area contributed by atoms with E-state index in [1.54, 1.807) is 0 Å². The lowest BCUT2D eigenvalue weighted by Crippen LogP contribution is -2.32. The molecule has 3 N–H and O–H groups in total. The lowest BCUT2D eigenvalue weighted by Gasteiger charge is -2.08. The molecule has 0 bridgehead atoms. The highest BCUT2D eigenvalue weighted by atomic mass is 32.2. The van der Waals surface area contributed by atoms with E-state index in [0.29, 0.717) is 24.5 Å². The number of carbonyl (C=O) groups is 2. The van der Waals surface area contributed by atoms with Crippen LogP contribution in [0.3, 0.4) is 0 Å². The first-order chi connectivity index (χ1) is 9.63. The fourth-order valence-electron chi connectivity index (χ4n) is 1.49. The van der Waals surface area contributed by atoms with Crippen LogP contribution in [0.15, 0.2) is 30.3 Å². The van der Waals surface area contributed by atoms with Crippen molar-refractivity contribution in [3.8, 4) is 0 Å². The van der Waals surface area contributed by atoms with E-state index >= 15 is 0 Å². The zero-order valence-corrected chi connectivity index (χ0v) is 12.3. The molecule has 0 aliphatic heterocycles. The van der Waals surface area contributed by atoms with Gasteiger partial charge in [0, 0.05) is 6.54 Å². The average molecular weight is 296 g/mol. The third-order valence-corrected chi connectivity index (χ3v) is 3.63. The SMILES string of the molecule is COC(=O)C(N)CCSCC(=O)NCc1ccccc1. The van der Waals surface area contributed by atoms with Crippen LogP contribution in [0.4, 0.5) is 0 Å². The number of esters is 1. The summed E-state index contributed by atoms with van der Waals surface area (Å²) in [4.78, 5) is 22.7. The summed E-state index contributed by atoms with van der Waals surface area (Å²) in [6, 6.07) is 9.12. The summed E-state index contributed by atoms with van der Waals surface area (Å²) in [6.45, 7) is 0.530. The van der Waals surface area contributed by atoms with Gasteiger partial charge in [-0.15, -0.1) is 0 Å². The van der Waals surface area contributed by atoms with Gasteiger partial charge in [-0.2, -0.15) is 11.8 Å². The molecule has 6 heteroatoms. The fourth-order valence-corrected chi connectivity index (χ4v) is 2.34. The van der Waals surface area contributed by atoms with Crippen LogP contribution in [0, 0.1) is 0 Å². The molecule has 0 aliphatic rings. The number of amides is 1. The molecule has 110 valence electrons. The van der Waals surface area contributed by atoms with Crippen molar-refractivity contribution in [1.29, 1.82) is 0 Å². The highest BCUT2D eigenvalue weighted by molar-refractivity contribution is 7.99. The topological polar surface area (TPSA) is 81.4 Å². The molecular weight excluding hydrogens is 276 g/mol. The number of nitrogens with two attached hydrogens (primary N) is 1. The van der Waals surface area contributed by atoms with Gasteiger partial charge in [-0.25, -0.2) is 0 Å². The van der Waals surface area contributed by atoms with Gasteiger partial charge in [0.15, 0.2) is 0 Å². The van der Waals surface area contributed by atoms with Crippen LogP contribution in [0.5, 0.6) is 0 Å². The number of ether oxygens (including phenoxy) is 1. The molecule has 1 amide bonds. The van der Waals surface area contributed by atoms with Gasteiger partial charge in [-0.3, -0.25) is 9.59 Å². The summed E-state index contributed by atoms with van der Waals surface area (Å²) >= 11 is 1.45. The van der Waals surface area contributed by atoms with E-state index in [1.807, 2.05) is 30.3 Å². The minimum Gasteiger partial charge on any atom is -0.468 e. The second-order valence-electron chi connectivity index (χ2n) is 4.23. The number of methoxy groups -OCH3 is 1. The molecule has 0 heterocycles. The monoisotopic (exact) mass is 296 g/mol. The predicted molar refractivity (Wildman–Crippen MR) is 80.2 cm³/mol. The zero-order valence-electron chi connectivity index (χ0n) is 11.5. The van der Waals surface area contributed by atoms with Crippen LogP contribution in [-0.4, -0.2) is 36.5 Å². The first-order valence-corrected chi connectivity index (χ1v) is 7.50. The third kappa shape index (κ3) is 6.58. The molecule has 0 saturated carbocycles. The molecule has 0 aromatic heterocycles. The summed E-state index contributed by atoms with van der Waals surface area (Å²) in [6.07, 6.45) is 0.503. The molecule has 0 aliphatic carbocycles. The Morgan fingerprint density at radius 2 is 2.05 bits per heavy atom. The van der Waals surface area contributed by atoms with Gasteiger partial charge in [0.25, 0.3) is 0 Å². The van der Waals surface area contributed by atoms with Gasteiger partial charge < -0.3 is 15.8 Å². The Morgan fingerprint density at radius 3 is 2.70 bits per heavy atom. The highest BCUT2D eigenvalue weighted by Crippen LogP contribution is 2.05. The lowest BCUT2D eigenvalue weighted by atomic mass is 10.2. The maximum absolute atomic E-state index is 11.6. The summed E-state index contributed by atoms with van der Waals surface area (Å²) in [5.74, 6) is 0.570. The first kappa shape index (κ1) is 16.5. The maximum atomic E-state index is 11.6. The average Bonchev–Trinajstić information content (AvgIpc) is 2.49. The molecule has 0 fully saturated rings. The Balaban J connectivity index is 2.10. The van der Waals surface area contributed by atoms with E-state index in [1.165, 1.54) is 18.9 Å². The molecule has 1 atom stereocenters. The molecule has 20 heavy (non-hydrogen) atoms. The van der Waals surface area contributed by atoms with Crippen LogP contribution in [0.1, 0.15) is 12.0 Å². The van der Waals surface area contributed by atoms with Gasteiger partial charge in [-0.05, 0) is 17.7 Å².